The molecule has 28 heavy (non-hydrogen) atoms. The number of ether oxygens (including phenoxy) is 1. The zero-order valence-corrected chi connectivity index (χ0v) is 15.7. The third kappa shape index (κ3) is 3.80. The molecule has 2 heterocycles. The Morgan fingerprint density at radius 1 is 1.00 bits per heavy atom. The first-order valence-electron chi connectivity index (χ1n) is 9.23. The first-order chi connectivity index (χ1) is 13.7. The van der Waals surface area contributed by atoms with Crippen LogP contribution in [-0.2, 0) is 11.3 Å². The van der Waals surface area contributed by atoms with E-state index in [9.17, 15) is 4.79 Å². The molecule has 0 unspecified atom stereocenters. The molecule has 0 bridgehead atoms. The van der Waals surface area contributed by atoms with Crippen molar-refractivity contribution < 1.29 is 9.53 Å². The molecule has 2 aromatic carbocycles. The average Bonchev–Trinajstić information content (AvgIpc) is 3.23. The molecule has 0 spiro atoms. The molecule has 144 valence electrons. The summed E-state index contributed by atoms with van der Waals surface area (Å²) in [7, 11) is 1.67. The van der Waals surface area contributed by atoms with E-state index in [-0.39, 0.29) is 12.5 Å². The molecule has 1 aliphatic rings. The second-order valence-electron chi connectivity index (χ2n) is 6.55. The Bertz CT molecular complexity index is 935. The maximum absolute atomic E-state index is 12.6. The standard InChI is InChI=1S/C20H22N6O2/c1-28-18-10-6-5-9-17(18)24-11-13-25(14-12-24)19(27)15-26-22-20(21-23-26)16-7-3-2-4-8-16/h2-10H,11-15H2,1H3. The lowest BCUT2D eigenvalue weighted by Gasteiger charge is -2.36. The summed E-state index contributed by atoms with van der Waals surface area (Å²) in [6, 6.07) is 17.6. The molecule has 0 saturated carbocycles. The lowest BCUT2D eigenvalue weighted by molar-refractivity contribution is -0.132. The lowest BCUT2D eigenvalue weighted by atomic mass is 10.2. The molecule has 0 atom stereocenters. The van der Waals surface area contributed by atoms with Crippen LogP contribution in [0, 0.1) is 0 Å². The van der Waals surface area contributed by atoms with E-state index in [0.29, 0.717) is 18.9 Å². The number of carbonyl (C=O) groups is 1. The highest BCUT2D eigenvalue weighted by molar-refractivity contribution is 5.76. The second-order valence-corrected chi connectivity index (χ2v) is 6.55. The normalized spacial score (nSPS) is 14.2. The van der Waals surface area contributed by atoms with E-state index >= 15 is 0 Å². The van der Waals surface area contributed by atoms with Crippen molar-refractivity contribution in [1.82, 2.24) is 25.1 Å². The van der Waals surface area contributed by atoms with Crippen LogP contribution < -0.4 is 9.64 Å². The predicted molar refractivity (Wildman–Crippen MR) is 105 cm³/mol. The summed E-state index contributed by atoms with van der Waals surface area (Å²) in [5, 5.41) is 12.4. The Morgan fingerprint density at radius 3 is 2.46 bits per heavy atom. The molecule has 1 saturated heterocycles. The van der Waals surface area contributed by atoms with Crippen molar-refractivity contribution in [1.29, 1.82) is 0 Å². The Labute approximate surface area is 163 Å². The van der Waals surface area contributed by atoms with Crippen molar-refractivity contribution >= 4 is 11.6 Å². The second kappa shape index (κ2) is 8.08. The van der Waals surface area contributed by atoms with Gasteiger partial charge in [0.1, 0.15) is 12.3 Å². The molecule has 8 heteroatoms. The summed E-state index contributed by atoms with van der Waals surface area (Å²) in [6.07, 6.45) is 0. The number of para-hydroxylation sites is 2. The zero-order chi connectivity index (χ0) is 19.3. The van der Waals surface area contributed by atoms with E-state index in [1.54, 1.807) is 7.11 Å². The van der Waals surface area contributed by atoms with Crippen LogP contribution in [0.4, 0.5) is 5.69 Å². The molecule has 0 N–H and O–H groups in total. The predicted octanol–water partition coefficient (Wildman–Crippen LogP) is 1.70. The number of amides is 1. The van der Waals surface area contributed by atoms with Gasteiger partial charge in [-0.15, -0.1) is 10.2 Å². The number of anilines is 1. The number of piperazine rings is 1. The van der Waals surface area contributed by atoms with Gasteiger partial charge in [0.15, 0.2) is 0 Å². The van der Waals surface area contributed by atoms with Crippen LogP contribution in [0.2, 0.25) is 0 Å². The van der Waals surface area contributed by atoms with E-state index in [4.69, 9.17) is 4.74 Å². The maximum Gasteiger partial charge on any atom is 0.246 e. The number of hydrogen-bond acceptors (Lipinski definition) is 6. The van der Waals surface area contributed by atoms with Crippen LogP contribution in [0.25, 0.3) is 11.4 Å². The van der Waals surface area contributed by atoms with Gasteiger partial charge in [-0.05, 0) is 17.3 Å². The topological polar surface area (TPSA) is 76.4 Å². The number of carbonyl (C=O) groups excluding carboxylic acids is 1. The van der Waals surface area contributed by atoms with Crippen molar-refractivity contribution in [3.63, 3.8) is 0 Å². The Hall–Kier alpha value is -3.42. The maximum atomic E-state index is 12.6. The number of aromatic nitrogens is 4. The van der Waals surface area contributed by atoms with Gasteiger partial charge in [0.05, 0.1) is 12.8 Å². The molecule has 0 radical (unpaired) electrons. The largest absolute Gasteiger partial charge is 0.495 e. The molecule has 3 aromatic rings. The number of rotatable bonds is 5. The van der Waals surface area contributed by atoms with Crippen LogP contribution in [0.3, 0.4) is 0 Å². The fourth-order valence-corrected chi connectivity index (χ4v) is 3.32. The fourth-order valence-electron chi connectivity index (χ4n) is 3.32. The molecular weight excluding hydrogens is 356 g/mol. The highest BCUT2D eigenvalue weighted by atomic mass is 16.5. The van der Waals surface area contributed by atoms with Crippen molar-refractivity contribution in [2.75, 3.05) is 38.2 Å². The van der Waals surface area contributed by atoms with Gasteiger partial charge >= 0.3 is 0 Å². The van der Waals surface area contributed by atoms with Gasteiger partial charge in [-0.2, -0.15) is 4.80 Å². The van der Waals surface area contributed by atoms with Gasteiger partial charge in [-0.3, -0.25) is 4.79 Å². The molecule has 1 fully saturated rings. The average molecular weight is 378 g/mol. The summed E-state index contributed by atoms with van der Waals surface area (Å²) in [5.74, 6) is 1.37. The summed E-state index contributed by atoms with van der Waals surface area (Å²) >= 11 is 0. The van der Waals surface area contributed by atoms with Crippen molar-refractivity contribution in [3.8, 4) is 17.1 Å². The monoisotopic (exact) mass is 378 g/mol. The minimum atomic E-state index is -0.00307. The molecule has 0 aliphatic carbocycles. The van der Waals surface area contributed by atoms with Crippen LogP contribution in [-0.4, -0.2) is 64.3 Å². The number of benzene rings is 2. The van der Waals surface area contributed by atoms with Crippen molar-refractivity contribution in [3.05, 3.63) is 54.6 Å². The summed E-state index contributed by atoms with van der Waals surface area (Å²) in [6.45, 7) is 2.90. The molecule has 1 amide bonds. The third-order valence-corrected chi connectivity index (χ3v) is 4.82. The Morgan fingerprint density at radius 2 is 1.71 bits per heavy atom. The van der Waals surface area contributed by atoms with Crippen LogP contribution >= 0.6 is 0 Å². The van der Waals surface area contributed by atoms with Crippen LogP contribution in [0.15, 0.2) is 54.6 Å². The van der Waals surface area contributed by atoms with Crippen LogP contribution in [0.5, 0.6) is 5.75 Å². The highest BCUT2D eigenvalue weighted by Gasteiger charge is 2.23. The van der Waals surface area contributed by atoms with E-state index < -0.39 is 0 Å². The molecule has 4 rings (SSSR count). The zero-order valence-electron chi connectivity index (χ0n) is 15.7. The Kier molecular flexibility index (Phi) is 5.18. The summed E-state index contributed by atoms with van der Waals surface area (Å²) in [4.78, 5) is 18.1. The highest BCUT2D eigenvalue weighted by Crippen LogP contribution is 2.28. The lowest BCUT2D eigenvalue weighted by Crippen LogP contribution is -2.49. The van der Waals surface area contributed by atoms with Gasteiger partial charge < -0.3 is 14.5 Å². The Balaban J connectivity index is 1.35. The quantitative estimate of drug-likeness (QED) is 0.673. The fraction of sp³-hybridized carbons (Fsp3) is 0.300. The van der Waals surface area contributed by atoms with E-state index in [0.717, 1.165) is 30.1 Å². The summed E-state index contributed by atoms with van der Waals surface area (Å²) < 4.78 is 5.44. The number of tetrazole rings is 1. The SMILES string of the molecule is COc1ccccc1N1CCN(C(=O)Cn2nnc(-c3ccccc3)n2)CC1. The van der Waals surface area contributed by atoms with Gasteiger partial charge in [-0.25, -0.2) is 0 Å². The minimum Gasteiger partial charge on any atom is -0.495 e. The first kappa shape index (κ1) is 18.0. The number of hydrogen-bond donors (Lipinski definition) is 0. The van der Waals surface area contributed by atoms with E-state index in [1.165, 1.54) is 4.80 Å². The molecular formula is C20H22N6O2. The third-order valence-electron chi connectivity index (χ3n) is 4.82. The smallest absolute Gasteiger partial charge is 0.246 e. The van der Waals surface area contributed by atoms with Crippen LogP contribution in [0.1, 0.15) is 0 Å². The van der Waals surface area contributed by atoms with Gasteiger partial charge in [0.25, 0.3) is 0 Å². The number of methoxy groups -OCH3 is 1. The minimum absolute atomic E-state index is 0.00307. The van der Waals surface area contributed by atoms with Gasteiger partial charge in [-0.1, -0.05) is 42.5 Å². The number of nitrogens with zero attached hydrogens (tertiary/aromatic N) is 6. The van der Waals surface area contributed by atoms with E-state index in [1.807, 2.05) is 59.5 Å². The van der Waals surface area contributed by atoms with Crippen molar-refractivity contribution in [2.24, 2.45) is 0 Å². The van der Waals surface area contributed by atoms with Gasteiger partial charge in [0.2, 0.25) is 11.7 Å². The first-order valence-corrected chi connectivity index (χ1v) is 9.23. The molecule has 1 aromatic heterocycles. The summed E-state index contributed by atoms with van der Waals surface area (Å²) in [5.41, 5.74) is 1.94. The molecule has 8 nitrogen and oxygen atoms in total. The molecule has 1 aliphatic heterocycles. The van der Waals surface area contributed by atoms with Crippen molar-refractivity contribution in [2.45, 2.75) is 6.54 Å². The van der Waals surface area contributed by atoms with E-state index in [2.05, 4.69) is 20.3 Å². The van der Waals surface area contributed by atoms with Gasteiger partial charge in [0, 0.05) is 31.7 Å².